The first kappa shape index (κ1) is 30.1. The third kappa shape index (κ3) is 5.77. The van der Waals surface area contributed by atoms with Crippen LogP contribution in [0.25, 0.3) is 0 Å². The van der Waals surface area contributed by atoms with Crippen molar-refractivity contribution in [1.29, 1.82) is 0 Å². The lowest BCUT2D eigenvalue weighted by molar-refractivity contribution is -0.203. The minimum atomic E-state index is -4.48. The van der Waals surface area contributed by atoms with E-state index in [9.17, 15) is 22.8 Å². The number of halogens is 4. The molecule has 0 aromatic carbocycles. The molecule has 5 fully saturated rings. The monoisotopic (exact) mass is 572 g/mol. The fourth-order valence-corrected chi connectivity index (χ4v) is 9.10. The molecule has 0 aromatic rings. The van der Waals surface area contributed by atoms with Crippen LogP contribution < -0.4 is 10.6 Å². The first-order valence-electron chi connectivity index (χ1n) is 15.8. The summed E-state index contributed by atoms with van der Waals surface area (Å²) in [7, 11) is 0. The molecule has 40 heavy (non-hydrogen) atoms. The summed E-state index contributed by atoms with van der Waals surface area (Å²) < 4.78 is 57.5. The maximum atomic E-state index is 15.8. The fourth-order valence-electron chi connectivity index (χ4n) is 9.10. The van der Waals surface area contributed by atoms with E-state index in [0.29, 0.717) is 37.6 Å². The van der Waals surface area contributed by atoms with Gasteiger partial charge in [0.1, 0.15) is 12.2 Å². The van der Waals surface area contributed by atoms with Crippen molar-refractivity contribution in [1.82, 2.24) is 20.4 Å². The van der Waals surface area contributed by atoms with Gasteiger partial charge in [0.25, 0.3) is 0 Å². The molecule has 6 unspecified atom stereocenters. The van der Waals surface area contributed by atoms with Crippen LogP contribution in [0.4, 0.5) is 17.6 Å². The quantitative estimate of drug-likeness (QED) is 0.457. The van der Waals surface area contributed by atoms with E-state index >= 15 is 4.39 Å². The highest BCUT2D eigenvalue weighted by molar-refractivity contribution is 5.82. The van der Waals surface area contributed by atoms with Crippen molar-refractivity contribution >= 4 is 11.8 Å². The van der Waals surface area contributed by atoms with Crippen LogP contribution in [0.15, 0.2) is 0 Å². The molecular weight excluding hydrogens is 524 g/mol. The molecule has 6 nitrogen and oxygen atoms in total. The number of piperazine rings is 1. The third-order valence-electron chi connectivity index (χ3n) is 11.1. The van der Waals surface area contributed by atoms with Gasteiger partial charge in [-0.1, -0.05) is 33.1 Å². The van der Waals surface area contributed by atoms with Gasteiger partial charge in [-0.2, -0.15) is 13.2 Å². The van der Waals surface area contributed by atoms with Crippen LogP contribution in [-0.2, 0) is 9.59 Å². The summed E-state index contributed by atoms with van der Waals surface area (Å²) in [5.41, 5.74) is -0.475. The van der Waals surface area contributed by atoms with Crippen molar-refractivity contribution in [2.24, 2.45) is 17.3 Å². The average Bonchev–Trinajstić information content (AvgIpc) is 3.38. The highest BCUT2D eigenvalue weighted by atomic mass is 19.4. The van der Waals surface area contributed by atoms with Gasteiger partial charge < -0.3 is 15.5 Å². The van der Waals surface area contributed by atoms with Gasteiger partial charge >= 0.3 is 6.18 Å². The number of nitrogens with zero attached hydrogens (tertiary/aromatic N) is 2. The van der Waals surface area contributed by atoms with Gasteiger partial charge in [-0.15, -0.1) is 0 Å². The Morgan fingerprint density at radius 1 is 1.00 bits per heavy atom. The lowest BCUT2D eigenvalue weighted by Crippen LogP contribution is -2.63. The number of fused-ring (bicyclic) bond motifs is 1. The van der Waals surface area contributed by atoms with Crippen LogP contribution >= 0.6 is 0 Å². The van der Waals surface area contributed by atoms with E-state index in [1.165, 1.54) is 6.42 Å². The maximum Gasteiger partial charge on any atom is 0.410 e. The molecule has 10 heteroatoms. The Morgan fingerprint density at radius 3 is 2.45 bits per heavy atom. The molecule has 0 aromatic heterocycles. The van der Waals surface area contributed by atoms with Crippen molar-refractivity contribution < 1.29 is 27.2 Å². The minimum absolute atomic E-state index is 0.00985. The molecule has 2 saturated heterocycles. The fraction of sp³-hybridized carbons (Fsp3) is 0.933. The lowest BCUT2D eigenvalue weighted by Gasteiger charge is -2.51. The molecule has 3 saturated carbocycles. The van der Waals surface area contributed by atoms with Crippen LogP contribution in [0.5, 0.6) is 0 Å². The standard InChI is InChI=1S/C30H48F4N4O2/c1-3-26(39)38-15-14-37(18-25(38)30(32,33)34)22-11-7-10-21(16-22)35-28(40)23-17-29(20-8-5-4-6-9-20)24(31)13-12-19(2)27(29)36-23/h19-25,27,36H,3-18H2,1-2H3,(H,35,40)/t19?,21-,22?,23?,24?,25+,27?,29?/m1/s1. The number of carbonyl (C=O) groups excluding carboxylic acids is 2. The molecule has 0 spiro atoms. The Balaban J connectivity index is 1.23. The largest absolute Gasteiger partial charge is 0.410 e. The van der Waals surface area contributed by atoms with E-state index in [0.717, 1.165) is 56.3 Å². The molecule has 0 bridgehead atoms. The Kier molecular flexibility index (Phi) is 9.06. The van der Waals surface area contributed by atoms with E-state index in [4.69, 9.17) is 0 Å². The van der Waals surface area contributed by atoms with Gasteiger partial charge in [-0.25, -0.2) is 4.39 Å². The van der Waals surface area contributed by atoms with E-state index < -0.39 is 35.8 Å². The number of hydrogen-bond acceptors (Lipinski definition) is 4. The number of nitrogens with one attached hydrogen (secondary N) is 2. The Labute approximate surface area is 236 Å². The summed E-state index contributed by atoms with van der Waals surface area (Å²) in [6.45, 7) is 4.05. The lowest BCUT2D eigenvalue weighted by atomic mass is 9.56. The Morgan fingerprint density at radius 2 is 1.75 bits per heavy atom. The number of hydrogen-bond donors (Lipinski definition) is 2. The normalized spacial score (nSPS) is 40.0. The summed E-state index contributed by atoms with van der Waals surface area (Å²) in [6.07, 6.45) is 5.22. The number of carbonyl (C=O) groups is 2. The molecule has 3 aliphatic carbocycles. The van der Waals surface area contributed by atoms with Gasteiger partial charge in [-0.05, 0) is 69.6 Å². The first-order valence-corrected chi connectivity index (χ1v) is 15.8. The SMILES string of the molecule is CCC(=O)N1CCN(C2CCC[C@@H](NC(=O)C3CC4(C5CCCCC5)C(F)CCC(C)C4N3)C2)C[C@H]1C(F)(F)F. The number of amides is 2. The number of rotatable bonds is 5. The van der Waals surface area contributed by atoms with Gasteiger partial charge in [0.15, 0.2) is 0 Å². The van der Waals surface area contributed by atoms with E-state index in [1.807, 2.05) is 4.90 Å². The zero-order valence-corrected chi connectivity index (χ0v) is 24.2. The van der Waals surface area contributed by atoms with Crippen molar-refractivity contribution in [3.8, 4) is 0 Å². The predicted octanol–water partition coefficient (Wildman–Crippen LogP) is 4.96. The van der Waals surface area contributed by atoms with Crippen molar-refractivity contribution in [2.45, 2.75) is 140 Å². The highest BCUT2D eigenvalue weighted by Gasteiger charge is 2.61. The molecule has 228 valence electrons. The number of alkyl halides is 4. The summed E-state index contributed by atoms with van der Waals surface area (Å²) >= 11 is 0. The van der Waals surface area contributed by atoms with E-state index in [2.05, 4.69) is 17.6 Å². The van der Waals surface area contributed by atoms with Crippen molar-refractivity contribution in [2.75, 3.05) is 19.6 Å². The molecule has 5 rings (SSSR count). The third-order valence-corrected chi connectivity index (χ3v) is 11.1. The highest BCUT2D eigenvalue weighted by Crippen LogP contribution is 2.56. The van der Waals surface area contributed by atoms with E-state index in [-0.39, 0.29) is 43.5 Å². The average molecular weight is 573 g/mol. The Hall–Kier alpha value is -1.42. The smallest absolute Gasteiger partial charge is 0.352 e. The molecular formula is C30H48F4N4O2. The second-order valence-corrected chi connectivity index (χ2v) is 13.4. The Bertz CT molecular complexity index is 913. The topological polar surface area (TPSA) is 64.7 Å². The second kappa shape index (κ2) is 12.1. The van der Waals surface area contributed by atoms with Gasteiger partial charge in [0, 0.05) is 49.6 Å². The van der Waals surface area contributed by atoms with Gasteiger partial charge in [0.05, 0.1) is 6.04 Å². The summed E-state index contributed by atoms with van der Waals surface area (Å²) in [5.74, 6) is 0.0937. The molecule has 0 radical (unpaired) electrons. The van der Waals surface area contributed by atoms with Gasteiger partial charge in [0.2, 0.25) is 11.8 Å². The molecule has 8 atom stereocenters. The molecule has 2 amide bonds. The van der Waals surface area contributed by atoms with E-state index in [1.54, 1.807) is 6.92 Å². The second-order valence-electron chi connectivity index (χ2n) is 13.4. The van der Waals surface area contributed by atoms with Crippen LogP contribution in [0.1, 0.15) is 97.3 Å². The van der Waals surface area contributed by atoms with Crippen LogP contribution in [-0.4, -0.2) is 83.8 Å². The molecule has 5 aliphatic rings. The summed E-state index contributed by atoms with van der Waals surface area (Å²) in [6, 6.07) is -2.38. The summed E-state index contributed by atoms with van der Waals surface area (Å²) in [5, 5.41) is 6.82. The molecule has 2 heterocycles. The first-order chi connectivity index (χ1) is 19.0. The van der Waals surface area contributed by atoms with Crippen LogP contribution in [0, 0.1) is 17.3 Å². The van der Waals surface area contributed by atoms with Crippen LogP contribution in [0.2, 0.25) is 0 Å². The predicted molar refractivity (Wildman–Crippen MR) is 145 cm³/mol. The van der Waals surface area contributed by atoms with Crippen molar-refractivity contribution in [3.63, 3.8) is 0 Å². The summed E-state index contributed by atoms with van der Waals surface area (Å²) in [4.78, 5) is 28.7. The van der Waals surface area contributed by atoms with Gasteiger partial charge in [-0.3, -0.25) is 14.5 Å². The maximum absolute atomic E-state index is 15.8. The zero-order valence-electron chi connectivity index (χ0n) is 24.2. The zero-order chi connectivity index (χ0) is 28.7. The minimum Gasteiger partial charge on any atom is -0.352 e. The molecule has 2 aliphatic heterocycles. The van der Waals surface area contributed by atoms with Crippen LogP contribution in [0.3, 0.4) is 0 Å². The van der Waals surface area contributed by atoms with Crippen molar-refractivity contribution in [3.05, 3.63) is 0 Å². The molecule has 2 N–H and O–H groups in total.